The van der Waals surface area contributed by atoms with Crippen molar-refractivity contribution in [3.63, 3.8) is 0 Å². The molecule has 0 spiro atoms. The maximum Gasteiger partial charge on any atom is 0.410 e. The molecule has 1 N–H and O–H groups in total. The van der Waals surface area contributed by atoms with Crippen LogP contribution in [-0.4, -0.2) is 78.5 Å². The number of pyridine rings is 1. The van der Waals surface area contributed by atoms with Crippen molar-refractivity contribution in [2.75, 3.05) is 31.1 Å². The molecule has 1 aromatic carbocycles. The quantitative estimate of drug-likeness (QED) is 0.311. The van der Waals surface area contributed by atoms with Crippen molar-refractivity contribution in [1.82, 2.24) is 29.4 Å². The molecule has 2 aliphatic rings. The highest BCUT2D eigenvalue weighted by molar-refractivity contribution is 5.97. The van der Waals surface area contributed by atoms with Crippen LogP contribution in [0.1, 0.15) is 71.7 Å². The third-order valence-corrected chi connectivity index (χ3v) is 8.16. The number of amides is 1. The molecule has 0 saturated carbocycles. The molecule has 248 valence electrons. The molecule has 3 aromatic heterocycles. The van der Waals surface area contributed by atoms with Crippen LogP contribution in [0.4, 0.5) is 19.4 Å². The summed E-state index contributed by atoms with van der Waals surface area (Å²) in [7, 11) is 0. The van der Waals surface area contributed by atoms with Crippen molar-refractivity contribution >= 4 is 22.9 Å². The van der Waals surface area contributed by atoms with Gasteiger partial charge >= 0.3 is 11.8 Å². The van der Waals surface area contributed by atoms with Crippen LogP contribution in [0.2, 0.25) is 0 Å². The lowest BCUT2D eigenvalue weighted by Crippen LogP contribution is -2.57. The molecule has 4 aromatic rings. The number of nitrogens with zero attached hydrogens (tertiary/aromatic N) is 7. The monoisotopic (exact) mass is 649 g/mol. The summed E-state index contributed by atoms with van der Waals surface area (Å²) in [5.74, 6) is -3.02. The highest BCUT2D eigenvalue weighted by atomic mass is 19.1. The van der Waals surface area contributed by atoms with Crippen LogP contribution in [-0.2, 0) is 4.74 Å². The highest BCUT2D eigenvalue weighted by Crippen LogP contribution is 2.44. The standard InChI is InChI=1S/C33H37F2N7O5/c1-16(2)24-27(25(17(3)4)37-15-36-24)42-30-22-28(23(35)26(38-30)21-19(34)9-8-10-20(21)43)46-14-18-13-40(32(45)47-33(5,6)7)11-12-41(18)29(22)39-31(42)44/h8-10,15-18,43H,11-14H2,1-7H3/t18-/m1/s1. The van der Waals surface area contributed by atoms with Crippen molar-refractivity contribution in [2.24, 2.45) is 0 Å². The number of ether oxygens (including phenoxy) is 2. The Bertz CT molecular complexity index is 1910. The molecule has 0 radical (unpaired) electrons. The Kier molecular flexibility index (Phi) is 8.00. The summed E-state index contributed by atoms with van der Waals surface area (Å²) < 4.78 is 44.9. The maximum atomic E-state index is 16.7. The van der Waals surface area contributed by atoms with Crippen LogP contribution in [0.3, 0.4) is 0 Å². The van der Waals surface area contributed by atoms with Crippen molar-refractivity contribution in [3.05, 3.63) is 58.0 Å². The Hall–Kier alpha value is -4.88. The fourth-order valence-electron chi connectivity index (χ4n) is 6.07. The summed E-state index contributed by atoms with van der Waals surface area (Å²) in [6, 6.07) is 3.04. The van der Waals surface area contributed by atoms with Gasteiger partial charge in [-0.25, -0.2) is 37.9 Å². The van der Waals surface area contributed by atoms with Crippen molar-refractivity contribution < 1.29 is 28.2 Å². The largest absolute Gasteiger partial charge is 0.507 e. The zero-order valence-corrected chi connectivity index (χ0v) is 27.3. The number of rotatable bonds is 4. The van der Waals surface area contributed by atoms with Gasteiger partial charge < -0.3 is 24.4 Å². The van der Waals surface area contributed by atoms with Crippen LogP contribution in [0.5, 0.6) is 11.5 Å². The van der Waals surface area contributed by atoms with Gasteiger partial charge in [0.1, 0.15) is 47.0 Å². The molecule has 1 saturated heterocycles. The first-order chi connectivity index (χ1) is 22.2. The van der Waals surface area contributed by atoms with Crippen LogP contribution in [0, 0.1) is 11.6 Å². The van der Waals surface area contributed by atoms with Gasteiger partial charge in [0, 0.05) is 19.6 Å². The van der Waals surface area contributed by atoms with Gasteiger partial charge in [-0.05, 0) is 44.7 Å². The summed E-state index contributed by atoms with van der Waals surface area (Å²) >= 11 is 0. The third kappa shape index (κ3) is 5.59. The van der Waals surface area contributed by atoms with Crippen molar-refractivity contribution in [1.29, 1.82) is 0 Å². The van der Waals surface area contributed by atoms with E-state index in [4.69, 9.17) is 9.47 Å². The second-order valence-corrected chi connectivity index (χ2v) is 13.4. The number of hydrogen-bond donors (Lipinski definition) is 1. The Morgan fingerprint density at radius 1 is 1.06 bits per heavy atom. The molecule has 2 aliphatic heterocycles. The number of phenolic OH excluding ortho intramolecular Hbond substituents is 1. The Labute approximate surface area is 270 Å². The number of carbonyl (C=O) groups excluding carboxylic acids is 1. The van der Waals surface area contributed by atoms with E-state index in [2.05, 4.69) is 19.9 Å². The molecule has 5 heterocycles. The van der Waals surface area contributed by atoms with E-state index >= 15 is 8.78 Å². The Morgan fingerprint density at radius 2 is 1.74 bits per heavy atom. The zero-order valence-electron chi connectivity index (χ0n) is 27.3. The lowest BCUT2D eigenvalue weighted by Gasteiger charge is -2.41. The predicted molar refractivity (Wildman–Crippen MR) is 170 cm³/mol. The number of halogens is 2. The zero-order chi connectivity index (χ0) is 33.9. The van der Waals surface area contributed by atoms with Gasteiger partial charge in [-0.15, -0.1) is 0 Å². The normalized spacial score (nSPS) is 16.4. The molecule has 47 heavy (non-hydrogen) atoms. The van der Waals surface area contributed by atoms with E-state index in [0.717, 1.165) is 6.07 Å². The molecular weight excluding hydrogens is 612 g/mol. The second-order valence-electron chi connectivity index (χ2n) is 13.4. The number of anilines is 1. The number of hydrogen-bond acceptors (Lipinski definition) is 10. The van der Waals surface area contributed by atoms with Crippen molar-refractivity contribution in [3.8, 4) is 28.4 Å². The Morgan fingerprint density at radius 3 is 2.36 bits per heavy atom. The molecule has 6 rings (SSSR count). The fraction of sp³-hybridized carbons (Fsp3) is 0.455. The predicted octanol–water partition coefficient (Wildman–Crippen LogP) is 5.29. The van der Waals surface area contributed by atoms with E-state index in [0.29, 0.717) is 17.1 Å². The lowest BCUT2D eigenvalue weighted by atomic mass is 10.0. The van der Waals surface area contributed by atoms with Crippen molar-refractivity contribution in [2.45, 2.75) is 71.9 Å². The van der Waals surface area contributed by atoms with Gasteiger partial charge in [0.2, 0.25) is 0 Å². The summed E-state index contributed by atoms with van der Waals surface area (Å²) in [5.41, 5.74) is -1.15. The molecular formula is C33H37F2N7O5. The minimum atomic E-state index is -1.03. The van der Waals surface area contributed by atoms with E-state index in [1.54, 1.807) is 25.7 Å². The topological polar surface area (TPSA) is 136 Å². The smallest absolute Gasteiger partial charge is 0.410 e. The molecule has 1 atom stereocenters. The molecule has 12 nitrogen and oxygen atoms in total. The lowest BCUT2D eigenvalue weighted by molar-refractivity contribution is 0.0201. The molecule has 0 bridgehead atoms. The van der Waals surface area contributed by atoms with Gasteiger partial charge in [0.25, 0.3) is 0 Å². The number of piperazine rings is 1. The summed E-state index contributed by atoms with van der Waals surface area (Å²) in [5, 5.41) is 10.8. The average Bonchev–Trinajstić information content (AvgIpc) is 3.15. The average molecular weight is 650 g/mol. The van der Waals surface area contributed by atoms with Gasteiger partial charge in [0.05, 0.1) is 28.7 Å². The van der Waals surface area contributed by atoms with E-state index in [-0.39, 0.29) is 60.7 Å². The summed E-state index contributed by atoms with van der Waals surface area (Å²) in [6.45, 7) is 13.5. The first-order valence-electron chi connectivity index (χ1n) is 15.5. The molecule has 0 aliphatic carbocycles. The molecule has 14 heteroatoms. The SMILES string of the molecule is CC(C)c1ncnc(C(C)C)c1-n1c(=O)nc2c3c(c(F)c(-c4c(O)cccc4F)nc31)OC[C@H]1CN(C(=O)OC(C)(C)C)CCN21. The van der Waals surface area contributed by atoms with Crippen LogP contribution in [0.25, 0.3) is 28.0 Å². The molecule has 1 amide bonds. The number of carbonyl (C=O) groups is 1. The summed E-state index contributed by atoms with van der Waals surface area (Å²) in [6.07, 6.45) is 0.917. The van der Waals surface area contributed by atoms with Crippen LogP contribution >= 0.6 is 0 Å². The van der Waals surface area contributed by atoms with E-state index in [1.807, 2.05) is 27.7 Å². The molecule has 1 fully saturated rings. The third-order valence-electron chi connectivity index (χ3n) is 8.16. The number of benzene rings is 1. The summed E-state index contributed by atoms with van der Waals surface area (Å²) in [4.78, 5) is 48.6. The minimum Gasteiger partial charge on any atom is -0.507 e. The number of fused-ring (bicyclic) bond motifs is 2. The number of phenols is 1. The Balaban J connectivity index is 1.65. The first kappa shape index (κ1) is 32.1. The van der Waals surface area contributed by atoms with E-state index in [9.17, 15) is 14.7 Å². The highest BCUT2D eigenvalue weighted by Gasteiger charge is 2.39. The molecule has 0 unspecified atom stereocenters. The van der Waals surface area contributed by atoms with Gasteiger partial charge in [-0.3, -0.25) is 0 Å². The van der Waals surface area contributed by atoms with Gasteiger partial charge in [0.15, 0.2) is 17.2 Å². The fourth-order valence-corrected chi connectivity index (χ4v) is 6.07. The van der Waals surface area contributed by atoms with Gasteiger partial charge in [-0.1, -0.05) is 33.8 Å². The minimum absolute atomic E-state index is 0.0668. The van der Waals surface area contributed by atoms with E-state index < -0.39 is 52.1 Å². The van der Waals surface area contributed by atoms with Crippen LogP contribution in [0.15, 0.2) is 29.3 Å². The van der Waals surface area contributed by atoms with Crippen LogP contribution < -0.4 is 15.3 Å². The first-order valence-corrected chi connectivity index (χ1v) is 15.5. The van der Waals surface area contributed by atoms with E-state index in [1.165, 1.54) is 27.9 Å². The number of aromatic hydroxyl groups is 1. The number of aromatic nitrogens is 5. The van der Waals surface area contributed by atoms with Gasteiger partial charge in [-0.2, -0.15) is 4.98 Å². The maximum absolute atomic E-state index is 16.7. The second kappa shape index (κ2) is 11.7.